The van der Waals surface area contributed by atoms with Gasteiger partial charge in [0.2, 0.25) is 5.91 Å². The van der Waals surface area contributed by atoms with Crippen LogP contribution in [0, 0.1) is 0 Å². The van der Waals surface area contributed by atoms with E-state index in [1.165, 1.54) is 11.1 Å². The van der Waals surface area contributed by atoms with Gasteiger partial charge < -0.3 is 15.4 Å². The van der Waals surface area contributed by atoms with Crippen LogP contribution in [-0.4, -0.2) is 37.1 Å². The smallest absolute Gasteiger partial charge is 0.239 e. The molecule has 0 fully saturated rings. The second-order valence-electron chi connectivity index (χ2n) is 5.37. The summed E-state index contributed by atoms with van der Waals surface area (Å²) < 4.78 is 5.00. The Morgan fingerprint density at radius 3 is 2.90 bits per heavy atom. The number of carbonyl (C=O) groups excluding carboxylic acids is 1. The van der Waals surface area contributed by atoms with E-state index in [9.17, 15) is 4.79 Å². The van der Waals surface area contributed by atoms with E-state index < -0.39 is 6.04 Å². The molecule has 1 aliphatic heterocycles. The Balaban J connectivity index is 1.97. The topological polar surface area (TPSA) is 55.6 Å². The summed E-state index contributed by atoms with van der Waals surface area (Å²) in [6.07, 6.45) is 3.56. The third-order valence-electron chi connectivity index (χ3n) is 3.85. The molecule has 1 aromatic rings. The Morgan fingerprint density at radius 2 is 2.15 bits per heavy atom. The van der Waals surface area contributed by atoms with Crippen LogP contribution >= 0.6 is 0 Å². The van der Waals surface area contributed by atoms with Crippen molar-refractivity contribution in [1.29, 1.82) is 0 Å². The third-order valence-corrected chi connectivity index (χ3v) is 3.85. The summed E-state index contributed by atoms with van der Waals surface area (Å²) in [5.74, 6) is 0.0674. The van der Waals surface area contributed by atoms with Crippen molar-refractivity contribution in [3.63, 3.8) is 0 Å². The minimum Gasteiger partial charge on any atom is -0.385 e. The average molecular weight is 276 g/mol. The standard InChI is InChI=1S/C16H24N2O2/c1-20-11-5-9-15(17)16(19)18-10-4-8-13-6-2-3-7-14(13)12-18/h2-3,6-7,15H,4-5,8-12,17H2,1H3. The van der Waals surface area contributed by atoms with Gasteiger partial charge in [-0.2, -0.15) is 0 Å². The number of fused-ring (bicyclic) bond motifs is 1. The highest BCUT2D eigenvalue weighted by Gasteiger charge is 2.23. The molecule has 1 atom stereocenters. The molecular weight excluding hydrogens is 252 g/mol. The van der Waals surface area contributed by atoms with Crippen LogP contribution < -0.4 is 5.73 Å². The average Bonchev–Trinajstić information content (AvgIpc) is 2.68. The summed E-state index contributed by atoms with van der Waals surface area (Å²) in [5, 5.41) is 0. The molecule has 1 heterocycles. The highest BCUT2D eigenvalue weighted by Crippen LogP contribution is 2.19. The maximum Gasteiger partial charge on any atom is 0.239 e. The molecule has 2 N–H and O–H groups in total. The van der Waals surface area contributed by atoms with Gasteiger partial charge in [0.05, 0.1) is 6.04 Å². The van der Waals surface area contributed by atoms with Gasteiger partial charge >= 0.3 is 0 Å². The minimum atomic E-state index is -0.407. The van der Waals surface area contributed by atoms with Gasteiger partial charge in [0.1, 0.15) is 0 Å². The van der Waals surface area contributed by atoms with Crippen molar-refractivity contribution in [2.75, 3.05) is 20.3 Å². The van der Waals surface area contributed by atoms with Crippen LogP contribution in [0.25, 0.3) is 0 Å². The molecule has 0 aromatic heterocycles. The van der Waals surface area contributed by atoms with Crippen molar-refractivity contribution in [2.45, 2.75) is 38.3 Å². The van der Waals surface area contributed by atoms with Crippen molar-refractivity contribution >= 4 is 5.91 Å². The first-order valence-corrected chi connectivity index (χ1v) is 7.32. The quantitative estimate of drug-likeness (QED) is 0.833. The maximum atomic E-state index is 12.4. The Morgan fingerprint density at radius 1 is 1.40 bits per heavy atom. The summed E-state index contributed by atoms with van der Waals surface area (Å²) in [5.41, 5.74) is 8.62. The second-order valence-corrected chi connectivity index (χ2v) is 5.37. The van der Waals surface area contributed by atoms with Crippen molar-refractivity contribution in [3.8, 4) is 0 Å². The zero-order valence-electron chi connectivity index (χ0n) is 12.2. The fourth-order valence-corrected chi connectivity index (χ4v) is 2.69. The molecule has 0 saturated carbocycles. The highest BCUT2D eigenvalue weighted by molar-refractivity contribution is 5.81. The first kappa shape index (κ1) is 15.0. The van der Waals surface area contributed by atoms with Crippen molar-refractivity contribution in [2.24, 2.45) is 5.73 Å². The summed E-state index contributed by atoms with van der Waals surface area (Å²) in [6.45, 7) is 2.14. The molecule has 0 bridgehead atoms. The lowest BCUT2D eigenvalue weighted by Crippen LogP contribution is -2.43. The van der Waals surface area contributed by atoms with Crippen LogP contribution in [0.1, 0.15) is 30.4 Å². The predicted molar refractivity (Wildman–Crippen MR) is 79.3 cm³/mol. The number of rotatable bonds is 5. The Kier molecular flexibility index (Phi) is 5.56. The van der Waals surface area contributed by atoms with E-state index in [2.05, 4.69) is 18.2 Å². The SMILES string of the molecule is COCCCC(N)C(=O)N1CCCc2ccccc2C1. The zero-order chi connectivity index (χ0) is 14.4. The van der Waals surface area contributed by atoms with Gasteiger partial charge in [-0.05, 0) is 36.8 Å². The van der Waals surface area contributed by atoms with E-state index in [0.717, 1.165) is 25.8 Å². The minimum absolute atomic E-state index is 0.0674. The summed E-state index contributed by atoms with van der Waals surface area (Å²) >= 11 is 0. The highest BCUT2D eigenvalue weighted by atomic mass is 16.5. The van der Waals surface area contributed by atoms with Crippen LogP contribution in [0.2, 0.25) is 0 Å². The van der Waals surface area contributed by atoms with Gasteiger partial charge in [-0.3, -0.25) is 4.79 Å². The van der Waals surface area contributed by atoms with Gasteiger partial charge in [0.15, 0.2) is 0 Å². The number of carbonyl (C=O) groups is 1. The number of benzene rings is 1. The van der Waals surface area contributed by atoms with Gasteiger partial charge in [-0.1, -0.05) is 24.3 Å². The Bertz CT molecular complexity index is 448. The van der Waals surface area contributed by atoms with Gasteiger partial charge in [0.25, 0.3) is 0 Å². The molecule has 0 saturated heterocycles. The number of nitrogens with zero attached hydrogens (tertiary/aromatic N) is 1. The largest absolute Gasteiger partial charge is 0.385 e. The van der Waals surface area contributed by atoms with Crippen LogP contribution in [0.15, 0.2) is 24.3 Å². The maximum absolute atomic E-state index is 12.4. The first-order chi connectivity index (χ1) is 9.72. The zero-order valence-corrected chi connectivity index (χ0v) is 12.2. The molecule has 0 aliphatic carbocycles. The molecule has 0 radical (unpaired) electrons. The lowest BCUT2D eigenvalue weighted by atomic mass is 10.0. The Hall–Kier alpha value is -1.39. The molecule has 1 aromatic carbocycles. The molecule has 4 nitrogen and oxygen atoms in total. The van der Waals surface area contributed by atoms with Gasteiger partial charge in [0, 0.05) is 26.8 Å². The molecule has 1 aliphatic rings. The lowest BCUT2D eigenvalue weighted by molar-refractivity contribution is -0.133. The molecule has 0 spiro atoms. The summed E-state index contributed by atoms with van der Waals surface area (Å²) in [4.78, 5) is 14.3. The lowest BCUT2D eigenvalue weighted by Gasteiger charge is -2.24. The normalized spacial score (nSPS) is 16.4. The van der Waals surface area contributed by atoms with Gasteiger partial charge in [-0.15, -0.1) is 0 Å². The molecule has 1 unspecified atom stereocenters. The first-order valence-electron chi connectivity index (χ1n) is 7.32. The van der Waals surface area contributed by atoms with Gasteiger partial charge in [-0.25, -0.2) is 0 Å². The number of nitrogens with two attached hydrogens (primary N) is 1. The molecule has 110 valence electrons. The number of hydrogen-bond donors (Lipinski definition) is 1. The number of hydrogen-bond acceptors (Lipinski definition) is 3. The Labute approximate surface area is 120 Å². The van der Waals surface area contributed by atoms with Crippen molar-refractivity contribution < 1.29 is 9.53 Å². The molecule has 4 heteroatoms. The number of amides is 1. The monoisotopic (exact) mass is 276 g/mol. The van der Waals surface area contributed by atoms with Crippen molar-refractivity contribution in [3.05, 3.63) is 35.4 Å². The van der Waals surface area contributed by atoms with E-state index >= 15 is 0 Å². The fraction of sp³-hybridized carbons (Fsp3) is 0.562. The van der Waals surface area contributed by atoms with Crippen LogP contribution in [0.3, 0.4) is 0 Å². The van der Waals surface area contributed by atoms with Crippen molar-refractivity contribution in [1.82, 2.24) is 4.90 Å². The van der Waals surface area contributed by atoms with Crippen LogP contribution in [-0.2, 0) is 22.5 Å². The number of methoxy groups -OCH3 is 1. The number of ether oxygens (including phenoxy) is 1. The third kappa shape index (κ3) is 3.81. The number of aryl methyl sites for hydroxylation is 1. The van der Waals surface area contributed by atoms with E-state index in [-0.39, 0.29) is 5.91 Å². The summed E-state index contributed by atoms with van der Waals surface area (Å²) in [7, 11) is 1.67. The van der Waals surface area contributed by atoms with Crippen LogP contribution in [0.4, 0.5) is 0 Å². The summed E-state index contributed by atoms with van der Waals surface area (Å²) in [6, 6.07) is 7.95. The van der Waals surface area contributed by atoms with E-state index in [4.69, 9.17) is 10.5 Å². The second kappa shape index (κ2) is 7.41. The van der Waals surface area contributed by atoms with Crippen LogP contribution in [0.5, 0.6) is 0 Å². The predicted octanol–water partition coefficient (Wildman–Crippen LogP) is 1.72. The molecule has 2 rings (SSSR count). The molecule has 1 amide bonds. The fourth-order valence-electron chi connectivity index (χ4n) is 2.69. The molecule has 20 heavy (non-hydrogen) atoms. The van der Waals surface area contributed by atoms with E-state index in [0.29, 0.717) is 19.6 Å². The van der Waals surface area contributed by atoms with E-state index in [1.807, 2.05) is 11.0 Å². The van der Waals surface area contributed by atoms with E-state index in [1.54, 1.807) is 7.11 Å². The molecular formula is C16H24N2O2.